The van der Waals surface area contributed by atoms with Crippen molar-refractivity contribution in [2.45, 2.75) is 18.8 Å². The van der Waals surface area contributed by atoms with Gasteiger partial charge in [-0.25, -0.2) is 22.5 Å². The summed E-state index contributed by atoms with van der Waals surface area (Å²) >= 11 is 9.24. The van der Waals surface area contributed by atoms with Crippen molar-refractivity contribution in [1.29, 1.82) is 0 Å². The van der Waals surface area contributed by atoms with Gasteiger partial charge in [0.05, 0.1) is 27.1 Å². The van der Waals surface area contributed by atoms with Crippen molar-refractivity contribution in [3.05, 3.63) is 28.2 Å². The average Bonchev–Trinajstić information content (AvgIpc) is 2.67. The third kappa shape index (κ3) is 3.94. The lowest BCUT2D eigenvalue weighted by atomic mass is 10.3. The molecule has 1 heterocycles. The lowest BCUT2D eigenvalue weighted by molar-refractivity contribution is 0.577. The molecule has 0 bridgehead atoms. The molecule has 1 aromatic carbocycles. The molecule has 116 valence electrons. The number of hydrogen-bond acceptors (Lipinski definition) is 3. The summed E-state index contributed by atoms with van der Waals surface area (Å²) in [6, 6.07) is 2.93. The number of halogens is 3. The molecular weight excluding hydrogens is 385 g/mol. The molecule has 2 aromatic rings. The number of hydrogen-bond donors (Lipinski definition) is 1. The number of sulfonamides is 1. The third-order valence-corrected chi connectivity index (χ3v) is 4.41. The van der Waals surface area contributed by atoms with E-state index < -0.39 is 15.8 Å². The van der Waals surface area contributed by atoms with Crippen LogP contribution in [0.5, 0.6) is 0 Å². The monoisotopic (exact) mass is 397 g/mol. The van der Waals surface area contributed by atoms with E-state index in [0.29, 0.717) is 27.9 Å². The summed E-state index contributed by atoms with van der Waals surface area (Å²) in [5.74, 6) is 0.162. The number of benzene rings is 1. The molecule has 0 aliphatic rings. The van der Waals surface area contributed by atoms with Crippen molar-refractivity contribution < 1.29 is 12.8 Å². The molecule has 0 aliphatic carbocycles. The van der Waals surface area contributed by atoms with Gasteiger partial charge < -0.3 is 4.57 Å². The number of nitrogens with one attached hydrogen (secondary N) is 1. The Hall–Kier alpha value is -0.700. The summed E-state index contributed by atoms with van der Waals surface area (Å²) in [5.41, 5.74) is 1.18. The second-order valence-electron chi connectivity index (χ2n) is 4.66. The largest absolute Gasteiger partial charge is 0.325 e. The van der Waals surface area contributed by atoms with Gasteiger partial charge >= 0.3 is 0 Å². The Bertz CT molecular complexity index is 776. The summed E-state index contributed by atoms with van der Waals surface area (Å²) in [7, 11) is -3.26. The first kappa shape index (κ1) is 16.7. The highest BCUT2D eigenvalue weighted by Crippen LogP contribution is 2.28. The Morgan fingerprint density at radius 2 is 2.19 bits per heavy atom. The Balaban J connectivity index is 2.43. The van der Waals surface area contributed by atoms with Crippen molar-refractivity contribution >= 4 is 48.6 Å². The third-order valence-electron chi connectivity index (χ3n) is 2.88. The molecular formula is C12H14BrClFN3O2S. The van der Waals surface area contributed by atoms with E-state index in [1.807, 2.05) is 0 Å². The number of fused-ring (bicyclic) bond motifs is 1. The zero-order valence-corrected chi connectivity index (χ0v) is 14.6. The van der Waals surface area contributed by atoms with Crippen LogP contribution in [-0.4, -0.2) is 30.8 Å². The van der Waals surface area contributed by atoms with E-state index in [2.05, 4.69) is 25.6 Å². The van der Waals surface area contributed by atoms with Gasteiger partial charge in [0.2, 0.25) is 10.0 Å². The number of aromatic nitrogens is 2. The summed E-state index contributed by atoms with van der Waals surface area (Å²) in [6.45, 7) is 2.32. The predicted octanol–water partition coefficient (Wildman–Crippen LogP) is 2.79. The van der Waals surface area contributed by atoms with Gasteiger partial charge in [-0.05, 0) is 28.9 Å². The molecule has 21 heavy (non-hydrogen) atoms. The standard InChI is InChI=1S/C12H14BrClFN3O2S/c1-7(14)12-17-10-6-9(15)8(13)5-11(10)18(12)4-3-16-21(2,19)20/h5-7,16H,3-4H2,1-2H3. The van der Waals surface area contributed by atoms with Crippen LogP contribution in [0, 0.1) is 5.82 Å². The highest BCUT2D eigenvalue weighted by atomic mass is 79.9. The van der Waals surface area contributed by atoms with Crippen molar-refractivity contribution in [3.8, 4) is 0 Å². The summed E-state index contributed by atoms with van der Waals surface area (Å²) in [4.78, 5) is 4.32. The van der Waals surface area contributed by atoms with Crippen molar-refractivity contribution in [1.82, 2.24) is 14.3 Å². The first-order chi connectivity index (χ1) is 9.69. The van der Waals surface area contributed by atoms with E-state index >= 15 is 0 Å². The zero-order chi connectivity index (χ0) is 15.8. The van der Waals surface area contributed by atoms with Gasteiger partial charge in [-0.3, -0.25) is 0 Å². The smallest absolute Gasteiger partial charge is 0.208 e. The fourth-order valence-corrected chi connectivity index (χ4v) is 2.98. The molecule has 5 nitrogen and oxygen atoms in total. The quantitative estimate of drug-likeness (QED) is 0.788. The molecule has 0 aliphatic heterocycles. The lowest BCUT2D eigenvalue weighted by Crippen LogP contribution is -2.26. The summed E-state index contributed by atoms with van der Waals surface area (Å²) in [6.07, 6.45) is 1.09. The maximum atomic E-state index is 13.6. The molecule has 0 fully saturated rings. The fourth-order valence-electron chi connectivity index (χ4n) is 2.02. The minimum absolute atomic E-state index is 0.204. The Kier molecular flexibility index (Phi) is 4.92. The van der Waals surface area contributed by atoms with Crippen molar-refractivity contribution in [2.75, 3.05) is 12.8 Å². The lowest BCUT2D eigenvalue weighted by Gasteiger charge is -2.11. The van der Waals surface area contributed by atoms with Gasteiger partial charge in [0.1, 0.15) is 11.6 Å². The normalized spacial score (nSPS) is 13.8. The van der Waals surface area contributed by atoms with E-state index in [4.69, 9.17) is 11.6 Å². The Morgan fingerprint density at radius 1 is 1.52 bits per heavy atom. The minimum Gasteiger partial charge on any atom is -0.325 e. The van der Waals surface area contributed by atoms with Crippen LogP contribution in [0.3, 0.4) is 0 Å². The first-order valence-electron chi connectivity index (χ1n) is 6.13. The molecule has 9 heteroatoms. The maximum absolute atomic E-state index is 13.6. The van der Waals surface area contributed by atoms with E-state index in [9.17, 15) is 12.8 Å². The van der Waals surface area contributed by atoms with E-state index in [0.717, 1.165) is 6.26 Å². The SMILES string of the molecule is CC(Cl)c1nc2cc(F)c(Br)cc2n1CCNS(C)(=O)=O. The molecule has 0 amide bonds. The van der Waals surface area contributed by atoms with Gasteiger partial charge in [0.15, 0.2) is 0 Å². The number of alkyl halides is 1. The van der Waals surface area contributed by atoms with Gasteiger partial charge in [-0.2, -0.15) is 0 Å². The second-order valence-corrected chi connectivity index (χ2v) is 8.00. The van der Waals surface area contributed by atoms with Crippen LogP contribution in [0.4, 0.5) is 4.39 Å². The molecule has 1 unspecified atom stereocenters. The molecule has 1 atom stereocenters. The van der Waals surface area contributed by atoms with Crippen LogP contribution in [0.2, 0.25) is 0 Å². The first-order valence-corrected chi connectivity index (χ1v) is 9.25. The number of nitrogens with zero attached hydrogens (tertiary/aromatic N) is 2. The fraction of sp³-hybridized carbons (Fsp3) is 0.417. The number of rotatable bonds is 5. The molecule has 1 aromatic heterocycles. The van der Waals surface area contributed by atoms with Crippen LogP contribution < -0.4 is 4.72 Å². The minimum atomic E-state index is -3.26. The van der Waals surface area contributed by atoms with E-state index in [1.165, 1.54) is 6.07 Å². The van der Waals surface area contributed by atoms with Gasteiger partial charge in [0.25, 0.3) is 0 Å². The average molecular weight is 399 g/mol. The van der Waals surface area contributed by atoms with Gasteiger partial charge in [-0.15, -0.1) is 11.6 Å². The van der Waals surface area contributed by atoms with Crippen LogP contribution in [0.15, 0.2) is 16.6 Å². The highest BCUT2D eigenvalue weighted by Gasteiger charge is 2.17. The maximum Gasteiger partial charge on any atom is 0.208 e. The molecule has 0 saturated carbocycles. The Morgan fingerprint density at radius 3 is 2.76 bits per heavy atom. The summed E-state index contributed by atoms with van der Waals surface area (Å²) < 4.78 is 40.3. The molecule has 0 saturated heterocycles. The highest BCUT2D eigenvalue weighted by molar-refractivity contribution is 9.10. The van der Waals surface area contributed by atoms with Crippen LogP contribution >= 0.6 is 27.5 Å². The summed E-state index contributed by atoms with van der Waals surface area (Å²) in [5, 5.41) is -0.377. The van der Waals surface area contributed by atoms with Crippen molar-refractivity contribution in [2.24, 2.45) is 0 Å². The molecule has 0 spiro atoms. The molecule has 1 N–H and O–H groups in total. The molecule has 2 rings (SSSR count). The van der Waals surface area contributed by atoms with E-state index in [-0.39, 0.29) is 11.9 Å². The van der Waals surface area contributed by atoms with Gasteiger partial charge in [0, 0.05) is 19.2 Å². The topological polar surface area (TPSA) is 64.0 Å². The van der Waals surface area contributed by atoms with Crippen LogP contribution in [0.25, 0.3) is 11.0 Å². The Labute approximate surface area is 135 Å². The molecule has 0 radical (unpaired) electrons. The van der Waals surface area contributed by atoms with E-state index in [1.54, 1.807) is 17.6 Å². The predicted molar refractivity (Wildman–Crippen MR) is 84.5 cm³/mol. The van der Waals surface area contributed by atoms with Gasteiger partial charge in [-0.1, -0.05) is 0 Å². The van der Waals surface area contributed by atoms with Crippen molar-refractivity contribution in [3.63, 3.8) is 0 Å². The second kappa shape index (κ2) is 6.20. The zero-order valence-electron chi connectivity index (χ0n) is 11.4. The van der Waals surface area contributed by atoms with Crippen LogP contribution in [0.1, 0.15) is 18.1 Å². The number of imidazole rings is 1. The van der Waals surface area contributed by atoms with Crippen LogP contribution in [-0.2, 0) is 16.6 Å².